The lowest BCUT2D eigenvalue weighted by atomic mass is 9.87. The van der Waals surface area contributed by atoms with Gasteiger partial charge in [-0.1, -0.05) is 51.1 Å². The number of carbonyl (C=O) groups is 2. The number of fused-ring (bicyclic) bond motifs is 1. The molecule has 0 atom stereocenters. The normalized spacial score (nSPS) is 11.1. The van der Waals surface area contributed by atoms with Gasteiger partial charge in [-0.2, -0.15) is 4.98 Å². The molecule has 190 valence electrons. The van der Waals surface area contributed by atoms with E-state index in [9.17, 15) is 9.59 Å². The van der Waals surface area contributed by atoms with E-state index >= 15 is 0 Å². The zero-order valence-corrected chi connectivity index (χ0v) is 21.3. The van der Waals surface area contributed by atoms with Crippen LogP contribution in [0, 0.1) is 0 Å². The quantitative estimate of drug-likeness (QED) is 0.305. The van der Waals surface area contributed by atoms with Crippen LogP contribution in [0.25, 0.3) is 10.8 Å². The first kappa shape index (κ1) is 25.4. The van der Waals surface area contributed by atoms with Gasteiger partial charge in [0.25, 0.3) is 0 Å². The van der Waals surface area contributed by atoms with Gasteiger partial charge in [0.05, 0.1) is 25.6 Å². The number of esters is 1. The number of hydrogen-bond donors (Lipinski definition) is 2. The maximum Gasteiger partial charge on any atom is 0.376 e. The Labute approximate surface area is 214 Å². The minimum absolute atomic E-state index is 0.0908. The van der Waals surface area contributed by atoms with Crippen LogP contribution in [0.1, 0.15) is 37.0 Å². The summed E-state index contributed by atoms with van der Waals surface area (Å²) in [5.41, 5.74) is 2.13. The highest BCUT2D eigenvalue weighted by Crippen LogP contribution is 2.35. The summed E-state index contributed by atoms with van der Waals surface area (Å²) in [6.07, 6.45) is 1.42. The number of methoxy groups -OCH3 is 2. The molecule has 4 rings (SSSR count). The summed E-state index contributed by atoms with van der Waals surface area (Å²) in [5.74, 6) is 0.476. The molecule has 1 aromatic heterocycles. The van der Waals surface area contributed by atoms with Crippen molar-refractivity contribution in [2.45, 2.75) is 26.2 Å². The molecule has 0 aliphatic rings. The van der Waals surface area contributed by atoms with Gasteiger partial charge in [-0.3, -0.25) is 0 Å². The molecule has 0 radical (unpaired) electrons. The van der Waals surface area contributed by atoms with E-state index in [0.717, 1.165) is 16.3 Å². The number of nitrogens with zero attached hydrogens (tertiary/aromatic N) is 2. The van der Waals surface area contributed by atoms with Crippen molar-refractivity contribution in [3.8, 4) is 17.4 Å². The van der Waals surface area contributed by atoms with Crippen molar-refractivity contribution >= 4 is 34.1 Å². The van der Waals surface area contributed by atoms with E-state index in [0.29, 0.717) is 22.9 Å². The van der Waals surface area contributed by atoms with Crippen molar-refractivity contribution in [2.75, 3.05) is 24.9 Å². The van der Waals surface area contributed by atoms with E-state index in [1.165, 1.54) is 13.3 Å². The SMILES string of the molecule is COC(=O)c1nccc(Oc2ccc(NC(=O)Nc3cc(C(C)(C)C)ccc3OC)c3ccccc23)n1. The molecule has 2 amide bonds. The first-order valence-corrected chi connectivity index (χ1v) is 11.6. The van der Waals surface area contributed by atoms with Gasteiger partial charge in [-0.05, 0) is 35.2 Å². The second-order valence-corrected chi connectivity index (χ2v) is 9.21. The molecule has 0 aliphatic carbocycles. The zero-order chi connectivity index (χ0) is 26.6. The molecule has 0 bridgehead atoms. The Morgan fingerprint density at radius 2 is 1.54 bits per heavy atom. The Bertz CT molecular complexity index is 1460. The highest BCUT2D eigenvalue weighted by atomic mass is 16.5. The molecule has 1 heterocycles. The third-order valence-corrected chi connectivity index (χ3v) is 5.66. The Hall–Kier alpha value is -4.66. The smallest absolute Gasteiger partial charge is 0.376 e. The van der Waals surface area contributed by atoms with Crippen LogP contribution in [-0.4, -0.2) is 36.2 Å². The maximum absolute atomic E-state index is 13.0. The molecule has 9 heteroatoms. The van der Waals surface area contributed by atoms with Crippen LogP contribution in [-0.2, 0) is 10.2 Å². The summed E-state index contributed by atoms with van der Waals surface area (Å²) in [6.45, 7) is 6.31. The maximum atomic E-state index is 13.0. The molecule has 37 heavy (non-hydrogen) atoms. The van der Waals surface area contributed by atoms with E-state index in [4.69, 9.17) is 9.47 Å². The third-order valence-electron chi connectivity index (χ3n) is 5.66. The minimum atomic E-state index is -0.662. The molecule has 3 aromatic carbocycles. The van der Waals surface area contributed by atoms with E-state index in [1.54, 1.807) is 25.3 Å². The standard InChI is InChI=1S/C28H28N4O5/c1-28(2,3)17-10-12-23(35-4)21(16-17)31-27(34)30-20-11-13-22(19-9-7-6-8-18(19)20)37-24-14-15-29-25(32-24)26(33)36-5/h6-16H,1-5H3,(H2,30,31,34). The Kier molecular flexibility index (Phi) is 7.24. The van der Waals surface area contributed by atoms with E-state index in [-0.39, 0.29) is 17.1 Å². The van der Waals surface area contributed by atoms with Gasteiger partial charge in [0.2, 0.25) is 11.7 Å². The zero-order valence-electron chi connectivity index (χ0n) is 21.3. The number of benzene rings is 3. The van der Waals surface area contributed by atoms with Gasteiger partial charge < -0.3 is 24.8 Å². The average molecular weight is 501 g/mol. The average Bonchev–Trinajstić information content (AvgIpc) is 2.89. The fraction of sp³-hybridized carbons (Fsp3) is 0.214. The molecule has 0 fully saturated rings. The molecule has 0 aliphatic heterocycles. The summed E-state index contributed by atoms with van der Waals surface area (Å²) < 4.78 is 16.1. The van der Waals surface area contributed by atoms with Crippen molar-refractivity contribution < 1.29 is 23.8 Å². The number of amides is 2. The topological polar surface area (TPSA) is 112 Å². The van der Waals surface area contributed by atoms with E-state index < -0.39 is 12.0 Å². The second kappa shape index (κ2) is 10.5. The Morgan fingerprint density at radius 1 is 0.838 bits per heavy atom. The molecule has 0 saturated heterocycles. The van der Waals surface area contributed by atoms with Crippen LogP contribution in [0.3, 0.4) is 0 Å². The predicted octanol–water partition coefficient (Wildman–Crippen LogP) is 6.16. The highest BCUT2D eigenvalue weighted by Gasteiger charge is 2.18. The molecular weight excluding hydrogens is 472 g/mol. The van der Waals surface area contributed by atoms with Crippen molar-refractivity contribution in [3.63, 3.8) is 0 Å². The predicted molar refractivity (Wildman–Crippen MR) is 142 cm³/mol. The largest absolute Gasteiger partial charge is 0.495 e. The van der Waals surface area contributed by atoms with E-state index in [1.807, 2.05) is 42.5 Å². The first-order chi connectivity index (χ1) is 17.7. The summed E-state index contributed by atoms with van der Waals surface area (Å²) in [7, 11) is 2.82. The van der Waals surface area contributed by atoms with Crippen molar-refractivity contribution in [1.29, 1.82) is 0 Å². The van der Waals surface area contributed by atoms with Crippen LogP contribution in [0.2, 0.25) is 0 Å². The van der Waals surface area contributed by atoms with Crippen molar-refractivity contribution in [1.82, 2.24) is 9.97 Å². The molecule has 0 spiro atoms. The van der Waals surface area contributed by atoms with Gasteiger partial charge >= 0.3 is 12.0 Å². The lowest BCUT2D eigenvalue weighted by Crippen LogP contribution is -2.21. The molecule has 2 N–H and O–H groups in total. The van der Waals surface area contributed by atoms with Gasteiger partial charge in [0, 0.05) is 23.0 Å². The number of urea groups is 1. The number of anilines is 2. The number of aromatic nitrogens is 2. The molecular formula is C28H28N4O5. The van der Waals surface area contributed by atoms with E-state index in [2.05, 4.69) is 46.1 Å². The van der Waals surface area contributed by atoms with Gasteiger partial charge in [-0.15, -0.1) is 0 Å². The van der Waals surface area contributed by atoms with Crippen LogP contribution in [0.5, 0.6) is 17.4 Å². The fourth-order valence-corrected chi connectivity index (χ4v) is 3.72. The van der Waals surface area contributed by atoms with Crippen molar-refractivity contribution in [3.05, 3.63) is 78.2 Å². The summed E-state index contributed by atoms with van der Waals surface area (Å²) in [4.78, 5) is 32.8. The molecule has 0 unspecified atom stereocenters. The van der Waals surface area contributed by atoms with Crippen LogP contribution in [0.4, 0.5) is 16.2 Å². The molecule has 4 aromatic rings. The minimum Gasteiger partial charge on any atom is -0.495 e. The van der Waals surface area contributed by atoms with Crippen LogP contribution >= 0.6 is 0 Å². The molecule has 0 saturated carbocycles. The number of carbonyl (C=O) groups excluding carboxylic acids is 2. The number of nitrogens with one attached hydrogen (secondary N) is 2. The highest BCUT2D eigenvalue weighted by molar-refractivity contribution is 6.08. The van der Waals surface area contributed by atoms with Crippen LogP contribution in [0.15, 0.2) is 66.9 Å². The van der Waals surface area contributed by atoms with Gasteiger partial charge in [-0.25, -0.2) is 14.6 Å². The number of hydrogen-bond acceptors (Lipinski definition) is 7. The Morgan fingerprint density at radius 3 is 2.24 bits per heavy atom. The van der Waals surface area contributed by atoms with Gasteiger partial charge in [0.15, 0.2) is 0 Å². The second-order valence-electron chi connectivity index (χ2n) is 9.21. The lowest BCUT2D eigenvalue weighted by Gasteiger charge is -2.21. The number of ether oxygens (including phenoxy) is 3. The molecule has 9 nitrogen and oxygen atoms in total. The number of rotatable bonds is 6. The Balaban J connectivity index is 1.59. The third kappa shape index (κ3) is 5.78. The monoisotopic (exact) mass is 500 g/mol. The summed E-state index contributed by atoms with van der Waals surface area (Å²) >= 11 is 0. The first-order valence-electron chi connectivity index (χ1n) is 11.6. The van der Waals surface area contributed by atoms with Gasteiger partial charge in [0.1, 0.15) is 11.5 Å². The summed E-state index contributed by atoms with van der Waals surface area (Å²) in [6, 6.07) is 17.8. The lowest BCUT2D eigenvalue weighted by molar-refractivity contribution is 0.0585. The van der Waals surface area contributed by atoms with Crippen molar-refractivity contribution in [2.24, 2.45) is 0 Å². The van der Waals surface area contributed by atoms with Crippen LogP contribution < -0.4 is 20.1 Å². The summed E-state index contributed by atoms with van der Waals surface area (Å²) in [5, 5.41) is 7.31. The fourth-order valence-electron chi connectivity index (χ4n) is 3.72.